The van der Waals surface area contributed by atoms with Crippen molar-refractivity contribution in [2.24, 2.45) is 5.92 Å². The van der Waals surface area contributed by atoms with Crippen LogP contribution in [0.25, 0.3) is 21.8 Å². The molecule has 2 aromatic heterocycles. The first-order valence-electron chi connectivity index (χ1n) is 10.6. The van der Waals surface area contributed by atoms with Crippen LogP contribution in [0.15, 0.2) is 54.7 Å². The Hall–Kier alpha value is -4.07. The molecule has 0 aliphatic heterocycles. The van der Waals surface area contributed by atoms with E-state index >= 15 is 0 Å². The van der Waals surface area contributed by atoms with Gasteiger partial charge in [-0.3, -0.25) is 9.59 Å². The maximum atomic E-state index is 13.1. The molecule has 0 bridgehead atoms. The number of carbonyl (C=O) groups excluding carboxylic acids is 2. The van der Waals surface area contributed by atoms with Crippen molar-refractivity contribution in [1.29, 1.82) is 0 Å². The first-order valence-corrected chi connectivity index (χ1v) is 10.6. The summed E-state index contributed by atoms with van der Waals surface area (Å²) in [6, 6.07) is 13.9. The van der Waals surface area contributed by atoms with Gasteiger partial charge in [-0.15, -0.1) is 0 Å². The van der Waals surface area contributed by atoms with Gasteiger partial charge in [0.15, 0.2) is 0 Å². The Bertz CT molecular complexity index is 1330. The van der Waals surface area contributed by atoms with E-state index in [9.17, 15) is 9.59 Å². The second-order valence-electron chi connectivity index (χ2n) is 8.04. The number of methoxy groups -OCH3 is 2. The second kappa shape index (κ2) is 9.20. The molecule has 1 atom stereocenters. The maximum absolute atomic E-state index is 13.1. The average Bonchev–Trinajstić information content (AvgIpc) is 3.19. The van der Waals surface area contributed by atoms with Crippen LogP contribution in [0.5, 0.6) is 11.5 Å². The third kappa shape index (κ3) is 4.45. The minimum absolute atomic E-state index is 0.164. The lowest BCUT2D eigenvalue weighted by molar-refractivity contribution is -0.118. The maximum Gasteiger partial charge on any atom is 0.270 e. The number of aromatic amines is 1. The number of carbonyl (C=O) groups is 2. The molecule has 8 nitrogen and oxygen atoms in total. The minimum Gasteiger partial charge on any atom is -0.497 e. The van der Waals surface area contributed by atoms with Gasteiger partial charge in [0.05, 0.1) is 31.6 Å². The first kappa shape index (κ1) is 22.1. The number of benzene rings is 2. The van der Waals surface area contributed by atoms with Gasteiger partial charge in [-0.25, -0.2) is 4.98 Å². The van der Waals surface area contributed by atoms with Crippen LogP contribution in [0, 0.1) is 5.92 Å². The monoisotopic (exact) mass is 446 g/mol. The first-order chi connectivity index (χ1) is 15.9. The Morgan fingerprint density at radius 3 is 2.48 bits per heavy atom. The van der Waals surface area contributed by atoms with Gasteiger partial charge >= 0.3 is 0 Å². The van der Waals surface area contributed by atoms with E-state index in [1.165, 1.54) is 7.11 Å². The Balaban J connectivity index is 1.57. The number of fused-ring (bicyclic) bond motifs is 3. The fourth-order valence-corrected chi connectivity index (χ4v) is 3.75. The molecular weight excluding hydrogens is 420 g/mol. The molecule has 2 heterocycles. The molecular formula is C25H26N4O4. The Morgan fingerprint density at radius 1 is 0.970 bits per heavy atom. The summed E-state index contributed by atoms with van der Waals surface area (Å²) in [5.74, 6) is 0.117. The molecule has 8 heteroatoms. The highest BCUT2D eigenvalue weighted by Gasteiger charge is 2.26. The van der Waals surface area contributed by atoms with Crippen molar-refractivity contribution in [3.05, 3.63) is 60.4 Å². The van der Waals surface area contributed by atoms with Crippen molar-refractivity contribution in [1.82, 2.24) is 15.3 Å². The quantitative estimate of drug-likeness (QED) is 0.396. The SMILES string of the molecule is COc1ccc(OC)c(NC(=O)C(NC(=O)c2cc3c(cn2)[nH]c2ccccc23)C(C)C)c1. The van der Waals surface area contributed by atoms with Crippen molar-refractivity contribution in [3.63, 3.8) is 0 Å². The predicted molar refractivity (Wildman–Crippen MR) is 128 cm³/mol. The van der Waals surface area contributed by atoms with E-state index in [-0.39, 0.29) is 17.5 Å². The summed E-state index contributed by atoms with van der Waals surface area (Å²) in [7, 11) is 3.06. The van der Waals surface area contributed by atoms with E-state index in [4.69, 9.17) is 9.47 Å². The zero-order chi connectivity index (χ0) is 23.5. The molecule has 0 aliphatic rings. The largest absolute Gasteiger partial charge is 0.497 e. The molecule has 2 amide bonds. The van der Waals surface area contributed by atoms with Crippen LogP contribution in [0.2, 0.25) is 0 Å². The molecule has 0 radical (unpaired) electrons. The lowest BCUT2D eigenvalue weighted by Crippen LogP contribution is -2.47. The molecule has 1 unspecified atom stereocenters. The fourth-order valence-electron chi connectivity index (χ4n) is 3.75. The number of amides is 2. The average molecular weight is 447 g/mol. The molecule has 2 aromatic carbocycles. The minimum atomic E-state index is -0.783. The Morgan fingerprint density at radius 2 is 1.76 bits per heavy atom. The molecule has 170 valence electrons. The molecule has 0 aliphatic carbocycles. The van der Waals surface area contributed by atoms with Gasteiger partial charge in [-0.05, 0) is 30.2 Å². The number of ether oxygens (including phenoxy) is 2. The number of anilines is 1. The summed E-state index contributed by atoms with van der Waals surface area (Å²) in [5.41, 5.74) is 2.51. The molecule has 0 saturated heterocycles. The number of para-hydroxylation sites is 1. The lowest BCUT2D eigenvalue weighted by atomic mass is 10.0. The van der Waals surface area contributed by atoms with E-state index in [0.29, 0.717) is 17.2 Å². The number of rotatable bonds is 7. The smallest absolute Gasteiger partial charge is 0.270 e. The lowest BCUT2D eigenvalue weighted by Gasteiger charge is -2.22. The van der Waals surface area contributed by atoms with Crippen molar-refractivity contribution < 1.29 is 19.1 Å². The third-order valence-corrected chi connectivity index (χ3v) is 5.52. The molecule has 4 aromatic rings. The number of H-pyrrole nitrogens is 1. The van der Waals surface area contributed by atoms with Gasteiger partial charge in [0.1, 0.15) is 23.2 Å². The number of aromatic nitrogens is 2. The molecule has 0 saturated carbocycles. The van der Waals surface area contributed by atoms with Crippen LogP contribution in [-0.4, -0.2) is 42.0 Å². The highest BCUT2D eigenvalue weighted by Crippen LogP contribution is 2.29. The van der Waals surface area contributed by atoms with Crippen molar-refractivity contribution in [2.75, 3.05) is 19.5 Å². The highest BCUT2D eigenvalue weighted by atomic mass is 16.5. The summed E-state index contributed by atoms with van der Waals surface area (Å²) in [5, 5.41) is 7.58. The number of nitrogens with one attached hydrogen (secondary N) is 3. The predicted octanol–water partition coefficient (Wildman–Crippen LogP) is 4.13. The topological polar surface area (TPSA) is 105 Å². The third-order valence-electron chi connectivity index (χ3n) is 5.52. The van der Waals surface area contributed by atoms with E-state index in [1.807, 2.05) is 38.1 Å². The van der Waals surface area contributed by atoms with Crippen molar-refractivity contribution in [2.45, 2.75) is 19.9 Å². The zero-order valence-electron chi connectivity index (χ0n) is 18.9. The van der Waals surface area contributed by atoms with Crippen molar-refractivity contribution in [3.8, 4) is 11.5 Å². The van der Waals surface area contributed by atoms with Crippen LogP contribution in [0.1, 0.15) is 24.3 Å². The summed E-state index contributed by atoms with van der Waals surface area (Å²) in [6.45, 7) is 3.73. The van der Waals surface area contributed by atoms with Crippen LogP contribution < -0.4 is 20.1 Å². The van der Waals surface area contributed by atoms with Crippen LogP contribution >= 0.6 is 0 Å². The van der Waals surface area contributed by atoms with Gasteiger partial charge in [0, 0.05) is 22.4 Å². The number of pyridine rings is 1. The zero-order valence-corrected chi connectivity index (χ0v) is 18.9. The van der Waals surface area contributed by atoms with Gasteiger partial charge in [0.25, 0.3) is 5.91 Å². The molecule has 33 heavy (non-hydrogen) atoms. The Kier molecular flexibility index (Phi) is 6.17. The van der Waals surface area contributed by atoms with E-state index in [2.05, 4.69) is 20.6 Å². The van der Waals surface area contributed by atoms with Crippen LogP contribution in [0.4, 0.5) is 5.69 Å². The molecule has 0 fully saturated rings. The highest BCUT2D eigenvalue weighted by molar-refractivity contribution is 6.09. The molecule has 3 N–H and O–H groups in total. The summed E-state index contributed by atoms with van der Waals surface area (Å²) in [6.07, 6.45) is 1.63. The summed E-state index contributed by atoms with van der Waals surface area (Å²) >= 11 is 0. The fraction of sp³-hybridized carbons (Fsp3) is 0.240. The number of hydrogen-bond donors (Lipinski definition) is 3. The van der Waals surface area contributed by atoms with Gasteiger partial charge in [0.2, 0.25) is 5.91 Å². The Labute approximate surface area is 191 Å². The van der Waals surface area contributed by atoms with Crippen LogP contribution in [-0.2, 0) is 4.79 Å². The number of hydrogen-bond acceptors (Lipinski definition) is 5. The normalized spacial score (nSPS) is 12.0. The second-order valence-corrected chi connectivity index (χ2v) is 8.04. The van der Waals surface area contributed by atoms with Gasteiger partial charge in [-0.1, -0.05) is 32.0 Å². The van der Waals surface area contributed by atoms with E-state index in [0.717, 1.165) is 21.8 Å². The van der Waals surface area contributed by atoms with Crippen LogP contribution in [0.3, 0.4) is 0 Å². The summed E-state index contributed by atoms with van der Waals surface area (Å²) < 4.78 is 10.6. The summed E-state index contributed by atoms with van der Waals surface area (Å²) in [4.78, 5) is 33.7. The van der Waals surface area contributed by atoms with Crippen molar-refractivity contribution >= 4 is 39.3 Å². The van der Waals surface area contributed by atoms with Gasteiger partial charge in [-0.2, -0.15) is 0 Å². The standard InChI is InChI=1S/C25H26N4O4/c1-14(2)23(25(31)28-19-11-15(32-3)9-10-22(19)33-4)29-24(30)20-12-17-16-7-5-6-8-18(16)27-21(17)13-26-20/h5-14,23,27H,1-4H3,(H,28,31)(H,29,30). The van der Waals surface area contributed by atoms with E-state index < -0.39 is 11.9 Å². The van der Waals surface area contributed by atoms with Gasteiger partial charge < -0.3 is 25.1 Å². The molecule has 0 spiro atoms. The molecule has 4 rings (SSSR count). The van der Waals surface area contributed by atoms with E-state index in [1.54, 1.807) is 37.6 Å². The number of nitrogens with zero attached hydrogens (tertiary/aromatic N) is 1.